The topological polar surface area (TPSA) is 125 Å². The number of hydrogen-bond acceptors (Lipinski definition) is 6. The zero-order valence-corrected chi connectivity index (χ0v) is 15.7. The second-order valence-electron chi connectivity index (χ2n) is 6.89. The third-order valence-corrected chi connectivity index (χ3v) is 4.83. The third-order valence-electron chi connectivity index (χ3n) is 3.44. The fourth-order valence-corrected chi connectivity index (χ4v) is 3.56. The van der Waals surface area contributed by atoms with E-state index in [1.165, 1.54) is 12.1 Å². The first-order valence-electron chi connectivity index (χ1n) is 8.10. The van der Waals surface area contributed by atoms with Crippen LogP contribution >= 0.6 is 0 Å². The second kappa shape index (κ2) is 9.57. The van der Waals surface area contributed by atoms with Gasteiger partial charge in [0.25, 0.3) is 5.91 Å². The van der Waals surface area contributed by atoms with Crippen molar-refractivity contribution < 1.29 is 27.9 Å². The summed E-state index contributed by atoms with van der Waals surface area (Å²) in [6.07, 6.45) is 0.681. The number of nitrogens with one attached hydrogen (secondary N) is 2. The van der Waals surface area contributed by atoms with Gasteiger partial charge in [0.1, 0.15) is 17.9 Å². The summed E-state index contributed by atoms with van der Waals surface area (Å²) in [5.41, 5.74) is 0.254. The Morgan fingerprint density at radius 2 is 2.04 bits per heavy atom. The molecule has 0 bridgehead atoms. The molecule has 0 aliphatic carbocycles. The van der Waals surface area contributed by atoms with E-state index in [2.05, 4.69) is 5.32 Å². The molecule has 146 valence electrons. The van der Waals surface area contributed by atoms with Gasteiger partial charge >= 0.3 is 67.7 Å². The number of anilines is 1. The Hall–Kier alpha value is -0.854. The second-order valence-corrected chi connectivity index (χ2v) is 8.49. The number of nitrogens with zero attached hydrogens (tertiary/aromatic N) is 1. The van der Waals surface area contributed by atoms with Gasteiger partial charge in [0.05, 0.1) is 5.69 Å². The van der Waals surface area contributed by atoms with Crippen LogP contribution in [0, 0.1) is 0 Å². The molecule has 1 saturated heterocycles. The molecule has 0 radical (unpaired) electrons. The van der Waals surface area contributed by atoms with Gasteiger partial charge in [-0.05, 0) is 51.3 Å². The summed E-state index contributed by atoms with van der Waals surface area (Å²) in [7, 11) is -3.96. The fourth-order valence-electron chi connectivity index (χ4n) is 2.39. The van der Waals surface area contributed by atoms with Crippen molar-refractivity contribution in [3.8, 4) is 5.75 Å². The minimum absolute atomic E-state index is 0. The molecule has 1 aromatic rings. The number of aryl methyl sites for hydroxylation is 1. The molecule has 3 N–H and O–H groups in total. The first-order chi connectivity index (χ1) is 12.0. The number of benzene rings is 1. The summed E-state index contributed by atoms with van der Waals surface area (Å²) in [6.45, 7) is 5.37. The first-order valence-corrected chi connectivity index (χ1v) is 9.54. The molecular formula is C16H24KN3O6S. The number of rotatable bonds is 5. The Morgan fingerprint density at radius 1 is 1.37 bits per heavy atom. The Kier molecular flexibility index (Phi) is 8.57. The van der Waals surface area contributed by atoms with E-state index in [4.69, 9.17) is 4.74 Å². The van der Waals surface area contributed by atoms with Gasteiger partial charge in [0, 0.05) is 6.54 Å². The van der Waals surface area contributed by atoms with Crippen molar-refractivity contribution in [2.24, 2.45) is 0 Å². The number of aromatic hydroxyl groups is 1. The van der Waals surface area contributed by atoms with E-state index in [-0.39, 0.29) is 69.4 Å². The molecule has 0 unspecified atom stereocenters. The van der Waals surface area contributed by atoms with Crippen LogP contribution in [0.4, 0.5) is 10.5 Å². The molecule has 1 aliphatic rings. The van der Waals surface area contributed by atoms with Crippen LogP contribution in [0.15, 0.2) is 18.2 Å². The number of ether oxygens (including phenoxy) is 1. The van der Waals surface area contributed by atoms with E-state index in [1.54, 1.807) is 26.8 Å². The van der Waals surface area contributed by atoms with Crippen LogP contribution in [0.1, 0.15) is 32.8 Å². The fraction of sp³-hybridized carbons (Fsp3) is 0.500. The molecule has 11 heteroatoms. The predicted molar refractivity (Wildman–Crippen MR) is 102 cm³/mol. The normalized spacial score (nSPS) is 15.7. The Bertz CT molecular complexity index is 807. The molecule has 27 heavy (non-hydrogen) atoms. The number of carbonyl (C=O) groups is 2. The SMILES string of the molecule is CC(C)(C)OC(=O)NCCCc1ccc(N2CC(=O)NS2(=O)=O)c(O)c1.[KH]. The van der Waals surface area contributed by atoms with Crippen LogP contribution in [0.2, 0.25) is 0 Å². The number of carbonyl (C=O) groups excluding carboxylic acids is 2. The number of amides is 2. The minimum atomic E-state index is -3.96. The molecule has 0 aromatic heterocycles. The molecule has 1 fully saturated rings. The van der Waals surface area contributed by atoms with Crippen LogP contribution in [-0.2, 0) is 26.2 Å². The van der Waals surface area contributed by atoms with Crippen LogP contribution in [0.25, 0.3) is 0 Å². The summed E-state index contributed by atoms with van der Waals surface area (Å²) >= 11 is 0. The molecule has 2 rings (SSSR count). The molecule has 9 nitrogen and oxygen atoms in total. The van der Waals surface area contributed by atoms with Gasteiger partial charge < -0.3 is 15.2 Å². The maximum absolute atomic E-state index is 11.8. The van der Waals surface area contributed by atoms with Crippen molar-refractivity contribution in [1.82, 2.24) is 10.0 Å². The van der Waals surface area contributed by atoms with Crippen molar-refractivity contribution in [1.29, 1.82) is 0 Å². The van der Waals surface area contributed by atoms with Gasteiger partial charge in [-0.25, -0.2) is 13.8 Å². The zero-order chi connectivity index (χ0) is 19.5. The van der Waals surface area contributed by atoms with Crippen LogP contribution in [0.5, 0.6) is 5.75 Å². The van der Waals surface area contributed by atoms with E-state index >= 15 is 0 Å². The molecule has 1 aromatic carbocycles. The van der Waals surface area contributed by atoms with Crippen molar-refractivity contribution in [3.63, 3.8) is 0 Å². The monoisotopic (exact) mass is 425 g/mol. The van der Waals surface area contributed by atoms with Crippen LogP contribution in [0.3, 0.4) is 0 Å². The maximum atomic E-state index is 11.8. The zero-order valence-electron chi connectivity index (χ0n) is 14.9. The van der Waals surface area contributed by atoms with Gasteiger partial charge in [-0.1, -0.05) is 6.07 Å². The molecule has 1 heterocycles. The van der Waals surface area contributed by atoms with Gasteiger partial charge in [-0.3, -0.25) is 4.79 Å². The van der Waals surface area contributed by atoms with E-state index < -0.39 is 27.8 Å². The summed E-state index contributed by atoms with van der Waals surface area (Å²) in [6, 6.07) is 4.56. The van der Waals surface area contributed by atoms with E-state index in [0.29, 0.717) is 19.4 Å². The van der Waals surface area contributed by atoms with Crippen LogP contribution in [-0.4, -0.2) is 95.6 Å². The van der Waals surface area contributed by atoms with Gasteiger partial charge in [-0.2, -0.15) is 8.42 Å². The Labute approximate surface area is 201 Å². The number of phenolic OH excluding ortho intramolecular Hbond substituents is 1. The average molecular weight is 426 g/mol. The summed E-state index contributed by atoms with van der Waals surface area (Å²) < 4.78 is 31.4. The molecule has 0 atom stereocenters. The van der Waals surface area contributed by atoms with E-state index in [0.717, 1.165) is 9.87 Å². The summed E-state index contributed by atoms with van der Waals surface area (Å²) in [5, 5.41) is 12.7. The van der Waals surface area contributed by atoms with E-state index in [9.17, 15) is 23.1 Å². The van der Waals surface area contributed by atoms with Crippen molar-refractivity contribution in [3.05, 3.63) is 23.8 Å². The number of alkyl carbamates (subject to hydrolysis) is 1. The third kappa shape index (κ3) is 7.24. The van der Waals surface area contributed by atoms with Crippen molar-refractivity contribution in [2.45, 2.75) is 39.2 Å². The molecule has 2 amide bonds. The van der Waals surface area contributed by atoms with Gasteiger partial charge in [0.15, 0.2) is 0 Å². The quantitative estimate of drug-likeness (QED) is 0.463. The number of phenols is 1. The Balaban J connectivity index is 0.00000364. The summed E-state index contributed by atoms with van der Waals surface area (Å²) in [4.78, 5) is 22.8. The molecule has 1 aliphatic heterocycles. The van der Waals surface area contributed by atoms with Gasteiger partial charge in [-0.15, -0.1) is 0 Å². The number of hydrogen-bond donors (Lipinski definition) is 3. The molecular weight excluding hydrogens is 401 g/mol. The summed E-state index contributed by atoms with van der Waals surface area (Å²) in [5.74, 6) is -0.885. The Morgan fingerprint density at radius 3 is 2.56 bits per heavy atom. The first kappa shape index (κ1) is 24.2. The standard InChI is InChI=1S/C16H23N3O6S.K.H/c1-16(2,3)25-15(22)17-8-4-5-11-6-7-12(13(20)9-11)19-10-14(21)18-26(19,23)24;;/h6-7,9,20H,4-5,8,10H2,1-3H3,(H,17,22)(H,18,21);;. The van der Waals surface area contributed by atoms with Crippen LogP contribution < -0.4 is 14.3 Å². The van der Waals surface area contributed by atoms with Gasteiger partial charge in [0.2, 0.25) is 0 Å². The average Bonchev–Trinajstić information content (AvgIpc) is 2.74. The molecule has 0 saturated carbocycles. The predicted octanol–water partition coefficient (Wildman–Crippen LogP) is 0.382. The van der Waals surface area contributed by atoms with E-state index in [1.807, 2.05) is 4.72 Å². The van der Waals surface area contributed by atoms with Crippen molar-refractivity contribution >= 4 is 79.3 Å². The van der Waals surface area contributed by atoms with Crippen molar-refractivity contribution in [2.75, 3.05) is 17.4 Å². The molecule has 0 spiro atoms.